The number of aromatic amines is 1. The molecule has 1 saturated heterocycles. The topological polar surface area (TPSA) is 188 Å². The Bertz CT molecular complexity index is 886. The van der Waals surface area contributed by atoms with Gasteiger partial charge in [-0.15, -0.1) is 0 Å². The summed E-state index contributed by atoms with van der Waals surface area (Å²) in [5.41, 5.74) is 3.68. The molecule has 0 saturated carbocycles. The third-order valence-corrected chi connectivity index (χ3v) is 4.37. The van der Waals surface area contributed by atoms with Gasteiger partial charge >= 0.3 is 13.2 Å². The molecule has 2 aromatic heterocycles. The van der Waals surface area contributed by atoms with Crippen LogP contribution in [0.15, 0.2) is 11.1 Å². The summed E-state index contributed by atoms with van der Waals surface area (Å²) < 4.78 is 12.4. The predicted molar refractivity (Wildman–Crippen MR) is 76.6 cm³/mol. The number of anilines is 1. The molecule has 3 rings (SSSR count). The zero-order chi connectivity index (χ0) is 16.9. The Labute approximate surface area is 127 Å². The quantitative estimate of drug-likeness (QED) is 0.392. The molecule has 2 aromatic rings. The molecular formula is C10H13N6O6P. The van der Waals surface area contributed by atoms with Gasteiger partial charge in [0.25, 0.3) is 5.56 Å². The van der Waals surface area contributed by atoms with Crippen LogP contribution in [-0.2, 0) is 4.57 Å². The summed E-state index contributed by atoms with van der Waals surface area (Å²) in [6.45, 7) is -0.419. The summed E-state index contributed by atoms with van der Waals surface area (Å²) in [6.07, 6.45) is 0.149. The van der Waals surface area contributed by atoms with Gasteiger partial charge in [0.1, 0.15) is 0 Å². The van der Waals surface area contributed by atoms with E-state index in [1.165, 1.54) is 10.9 Å². The molecule has 3 heterocycles. The molecule has 0 radical (unpaired) electrons. The van der Waals surface area contributed by atoms with Crippen LogP contribution in [0.1, 0.15) is 6.04 Å². The average molecular weight is 344 g/mol. The second-order valence-electron chi connectivity index (χ2n) is 5.14. The van der Waals surface area contributed by atoms with Crippen LogP contribution in [0.5, 0.6) is 0 Å². The van der Waals surface area contributed by atoms with Crippen molar-refractivity contribution >= 4 is 30.4 Å². The van der Waals surface area contributed by atoms with Crippen LogP contribution in [0.2, 0.25) is 0 Å². The standard InChI is InChI=1S/C10H13N6O6P/c11-9-13-7-6(8(18)14-9)12-3-16(7)4-1-15(2-5(4)17)10(19)23(20,21)22/h3-5,17H,1-2H2,(H2,20,21,22)(H3,11,13,14,18)/t4-,5-/m0/s1. The molecule has 0 bridgehead atoms. The van der Waals surface area contributed by atoms with E-state index in [2.05, 4.69) is 15.0 Å². The van der Waals surface area contributed by atoms with Gasteiger partial charge in [-0.25, -0.2) is 9.55 Å². The molecule has 2 atom stereocenters. The summed E-state index contributed by atoms with van der Waals surface area (Å²) >= 11 is 0. The normalized spacial score (nSPS) is 22.0. The highest BCUT2D eigenvalue weighted by atomic mass is 31.2. The molecule has 0 unspecified atom stereocenters. The molecule has 23 heavy (non-hydrogen) atoms. The lowest BCUT2D eigenvalue weighted by Gasteiger charge is -2.17. The number of likely N-dealkylation sites (tertiary alicyclic amines) is 1. The molecule has 1 aliphatic rings. The van der Waals surface area contributed by atoms with Gasteiger partial charge in [0.05, 0.1) is 18.5 Å². The Kier molecular flexibility index (Phi) is 3.48. The number of hydrogen-bond donors (Lipinski definition) is 5. The maximum atomic E-state index is 11.7. The molecule has 0 spiro atoms. The first-order chi connectivity index (χ1) is 10.7. The smallest absolute Gasteiger partial charge is 0.389 e. The average Bonchev–Trinajstić information content (AvgIpc) is 3.00. The first-order valence-electron chi connectivity index (χ1n) is 6.44. The number of amides is 1. The lowest BCUT2D eigenvalue weighted by Crippen LogP contribution is -2.28. The highest BCUT2D eigenvalue weighted by Gasteiger charge is 2.41. The van der Waals surface area contributed by atoms with E-state index >= 15 is 0 Å². The van der Waals surface area contributed by atoms with Crippen molar-refractivity contribution in [3.8, 4) is 0 Å². The number of nitrogen functional groups attached to an aromatic ring is 1. The van der Waals surface area contributed by atoms with E-state index in [0.29, 0.717) is 0 Å². The van der Waals surface area contributed by atoms with Gasteiger partial charge in [-0.2, -0.15) is 4.98 Å². The van der Waals surface area contributed by atoms with Gasteiger partial charge in [0, 0.05) is 13.1 Å². The van der Waals surface area contributed by atoms with Crippen molar-refractivity contribution in [2.75, 3.05) is 18.8 Å². The first-order valence-corrected chi connectivity index (χ1v) is 8.05. The molecule has 13 heteroatoms. The van der Waals surface area contributed by atoms with Crippen LogP contribution in [0.25, 0.3) is 11.2 Å². The second-order valence-corrected chi connectivity index (χ2v) is 6.61. The van der Waals surface area contributed by atoms with Crippen molar-refractivity contribution in [3.63, 3.8) is 0 Å². The van der Waals surface area contributed by atoms with Crippen LogP contribution >= 0.6 is 7.60 Å². The van der Waals surface area contributed by atoms with Gasteiger partial charge in [-0.1, -0.05) is 0 Å². The number of rotatable bonds is 2. The molecule has 12 nitrogen and oxygen atoms in total. The van der Waals surface area contributed by atoms with Crippen LogP contribution < -0.4 is 11.3 Å². The number of β-amino-alcohol motifs (C(OH)–C–C–N with tert-alkyl or cyclic N) is 1. The molecule has 1 aliphatic heterocycles. The third kappa shape index (κ3) is 2.61. The van der Waals surface area contributed by atoms with E-state index in [-0.39, 0.29) is 30.2 Å². The minimum absolute atomic E-state index is 0.00571. The number of fused-ring (bicyclic) bond motifs is 1. The van der Waals surface area contributed by atoms with E-state index < -0.39 is 30.9 Å². The number of nitrogens with zero attached hydrogens (tertiary/aromatic N) is 4. The van der Waals surface area contributed by atoms with Crippen molar-refractivity contribution in [1.82, 2.24) is 24.4 Å². The minimum Gasteiger partial charge on any atom is -0.389 e. The lowest BCUT2D eigenvalue weighted by atomic mass is 10.2. The molecule has 1 fully saturated rings. The largest absolute Gasteiger partial charge is 0.413 e. The fourth-order valence-corrected chi connectivity index (χ4v) is 3.10. The molecule has 0 aromatic carbocycles. The van der Waals surface area contributed by atoms with Crippen LogP contribution in [0, 0.1) is 0 Å². The monoisotopic (exact) mass is 344 g/mol. The van der Waals surface area contributed by atoms with Gasteiger partial charge in [-0.05, 0) is 0 Å². The number of aliphatic hydroxyl groups is 1. The number of imidazole rings is 1. The van der Waals surface area contributed by atoms with Crippen molar-refractivity contribution in [2.24, 2.45) is 0 Å². The number of aliphatic hydroxyl groups excluding tert-OH is 1. The van der Waals surface area contributed by atoms with E-state index in [4.69, 9.17) is 15.5 Å². The summed E-state index contributed by atoms with van der Waals surface area (Å²) in [4.78, 5) is 52.2. The maximum Gasteiger partial charge on any atom is 0.413 e. The number of nitrogens with two attached hydrogens (primary N) is 1. The van der Waals surface area contributed by atoms with Crippen molar-refractivity contribution in [3.05, 3.63) is 16.7 Å². The summed E-state index contributed by atoms with van der Waals surface area (Å²) in [5.74, 6) is -0.139. The van der Waals surface area contributed by atoms with Gasteiger partial charge < -0.3 is 30.1 Å². The molecule has 6 N–H and O–H groups in total. The lowest BCUT2D eigenvalue weighted by molar-refractivity contribution is 0.147. The van der Waals surface area contributed by atoms with Crippen molar-refractivity contribution < 1.29 is 24.3 Å². The summed E-state index contributed by atoms with van der Waals surface area (Å²) in [7, 11) is -4.94. The Morgan fingerprint density at radius 3 is 2.78 bits per heavy atom. The fraction of sp³-hybridized carbons (Fsp3) is 0.400. The summed E-state index contributed by atoms with van der Waals surface area (Å²) in [5, 5.41) is 10.1. The Morgan fingerprint density at radius 1 is 1.43 bits per heavy atom. The van der Waals surface area contributed by atoms with Crippen molar-refractivity contribution in [1.29, 1.82) is 0 Å². The minimum atomic E-state index is -4.94. The molecule has 124 valence electrons. The van der Waals surface area contributed by atoms with E-state index in [1.807, 2.05) is 0 Å². The molecular weight excluding hydrogens is 331 g/mol. The SMILES string of the molecule is Nc1nc2c(ncn2[C@H]2CN(C(=O)P(=O)(O)O)C[C@@H]2O)c(=O)[nH]1. The van der Waals surface area contributed by atoms with Gasteiger partial charge in [0.2, 0.25) is 5.95 Å². The Hall–Kier alpha value is -2.27. The fourth-order valence-electron chi connectivity index (χ4n) is 2.57. The zero-order valence-corrected chi connectivity index (χ0v) is 12.4. The van der Waals surface area contributed by atoms with E-state index in [0.717, 1.165) is 4.90 Å². The number of carbonyl (C=O) groups excluding carboxylic acids is 1. The number of hydrogen-bond acceptors (Lipinski definition) is 7. The number of aromatic nitrogens is 4. The van der Waals surface area contributed by atoms with Gasteiger partial charge in [-0.3, -0.25) is 14.6 Å². The second kappa shape index (κ2) is 5.13. The number of H-pyrrole nitrogens is 1. The third-order valence-electron chi connectivity index (χ3n) is 3.59. The predicted octanol–water partition coefficient (Wildman–Crippen LogP) is -1.78. The van der Waals surface area contributed by atoms with Crippen LogP contribution in [-0.4, -0.2) is 64.2 Å². The zero-order valence-electron chi connectivity index (χ0n) is 11.5. The molecule has 0 aliphatic carbocycles. The van der Waals surface area contributed by atoms with Crippen LogP contribution in [0.4, 0.5) is 10.7 Å². The summed E-state index contributed by atoms with van der Waals surface area (Å²) in [6, 6.07) is -0.760. The first kappa shape index (κ1) is 15.6. The Morgan fingerprint density at radius 2 is 2.13 bits per heavy atom. The van der Waals surface area contributed by atoms with Crippen molar-refractivity contribution in [2.45, 2.75) is 12.1 Å². The van der Waals surface area contributed by atoms with E-state index in [1.54, 1.807) is 0 Å². The molecule has 1 amide bonds. The highest BCUT2D eigenvalue weighted by Crippen LogP contribution is 2.40. The van der Waals surface area contributed by atoms with E-state index in [9.17, 15) is 19.3 Å². The van der Waals surface area contributed by atoms with Gasteiger partial charge in [0.15, 0.2) is 11.2 Å². The number of nitrogens with one attached hydrogen (secondary N) is 1. The Balaban J connectivity index is 1.99. The van der Waals surface area contributed by atoms with Crippen LogP contribution in [0.3, 0.4) is 0 Å². The highest BCUT2D eigenvalue weighted by molar-refractivity contribution is 7.69. The number of carbonyl (C=O) groups is 1. The maximum absolute atomic E-state index is 11.7.